The molecule has 3 rings (SSSR count). The van der Waals surface area contributed by atoms with Gasteiger partial charge in [-0.15, -0.1) is 0 Å². The van der Waals surface area contributed by atoms with Crippen LogP contribution >= 0.6 is 0 Å². The summed E-state index contributed by atoms with van der Waals surface area (Å²) in [6.45, 7) is 3.59. The van der Waals surface area contributed by atoms with Crippen LogP contribution in [0.1, 0.15) is 24.8 Å². The molecular formula is C16H27N5O2. The molecule has 0 unspecified atom stereocenters. The lowest BCUT2D eigenvalue weighted by molar-refractivity contribution is -0.0792. The van der Waals surface area contributed by atoms with Crippen molar-refractivity contribution in [1.29, 1.82) is 0 Å². The predicted octanol–water partition coefficient (Wildman–Crippen LogP) is 0.815. The highest BCUT2D eigenvalue weighted by Gasteiger charge is 2.43. The predicted molar refractivity (Wildman–Crippen MR) is 87.0 cm³/mol. The van der Waals surface area contributed by atoms with Gasteiger partial charge in [-0.2, -0.15) is 5.10 Å². The second kappa shape index (κ2) is 6.49. The first-order valence-electron chi connectivity index (χ1n) is 8.27. The smallest absolute Gasteiger partial charge is 0.317 e. The van der Waals surface area contributed by atoms with Gasteiger partial charge >= 0.3 is 6.03 Å². The van der Waals surface area contributed by atoms with Crippen LogP contribution in [0.2, 0.25) is 0 Å². The fourth-order valence-electron chi connectivity index (χ4n) is 3.61. The monoisotopic (exact) mass is 321 g/mol. The normalized spacial score (nSPS) is 28.2. The molecule has 2 aliphatic heterocycles. The quantitative estimate of drug-likeness (QED) is 0.895. The third-order valence-corrected chi connectivity index (χ3v) is 4.79. The van der Waals surface area contributed by atoms with E-state index in [2.05, 4.69) is 21.5 Å². The maximum Gasteiger partial charge on any atom is 0.317 e. The maximum atomic E-state index is 11.9. The third-order valence-electron chi connectivity index (χ3n) is 4.79. The van der Waals surface area contributed by atoms with Crippen LogP contribution in [-0.4, -0.2) is 71.0 Å². The zero-order valence-corrected chi connectivity index (χ0v) is 14.3. The van der Waals surface area contributed by atoms with Gasteiger partial charge in [-0.05, 0) is 19.3 Å². The zero-order chi connectivity index (χ0) is 16.4. The lowest BCUT2D eigenvalue weighted by atomic mass is 9.89. The molecule has 2 amide bonds. The highest BCUT2D eigenvalue weighted by atomic mass is 16.5. The Labute approximate surface area is 137 Å². The summed E-state index contributed by atoms with van der Waals surface area (Å²) in [7, 11) is 5.49. The number of ether oxygens (including phenoxy) is 1. The molecule has 2 saturated heterocycles. The Morgan fingerprint density at radius 1 is 1.57 bits per heavy atom. The number of carbonyl (C=O) groups is 1. The van der Waals surface area contributed by atoms with Gasteiger partial charge in [0.15, 0.2) is 0 Å². The number of nitrogens with one attached hydrogen (secondary N) is 1. The van der Waals surface area contributed by atoms with Gasteiger partial charge in [0.05, 0.1) is 11.8 Å². The number of aromatic nitrogens is 2. The third kappa shape index (κ3) is 3.84. The molecule has 2 atom stereocenters. The van der Waals surface area contributed by atoms with Gasteiger partial charge in [-0.1, -0.05) is 0 Å². The van der Waals surface area contributed by atoms with E-state index in [1.54, 1.807) is 19.0 Å². The van der Waals surface area contributed by atoms with Crippen molar-refractivity contribution in [2.75, 3.05) is 33.8 Å². The van der Waals surface area contributed by atoms with E-state index >= 15 is 0 Å². The van der Waals surface area contributed by atoms with Gasteiger partial charge in [0.25, 0.3) is 0 Å². The van der Waals surface area contributed by atoms with E-state index in [1.807, 2.05) is 17.9 Å². The van der Waals surface area contributed by atoms with Gasteiger partial charge < -0.3 is 15.0 Å². The summed E-state index contributed by atoms with van der Waals surface area (Å²) < 4.78 is 7.98. The Morgan fingerprint density at radius 3 is 3.09 bits per heavy atom. The molecule has 0 radical (unpaired) electrons. The summed E-state index contributed by atoms with van der Waals surface area (Å²) in [5.41, 5.74) is 1.13. The van der Waals surface area contributed by atoms with Gasteiger partial charge in [-0.3, -0.25) is 9.58 Å². The molecule has 2 aliphatic rings. The van der Waals surface area contributed by atoms with Crippen molar-refractivity contribution >= 4 is 6.03 Å². The fourth-order valence-corrected chi connectivity index (χ4v) is 3.61. The van der Waals surface area contributed by atoms with Gasteiger partial charge in [0.1, 0.15) is 0 Å². The number of urea groups is 1. The SMILES string of the molecule is CN(C)C(=O)N[C@@H]1CCO[C@]2(CCN(Cc3cnn(C)c3)C2)C1. The molecule has 1 aromatic rings. The Kier molecular flexibility index (Phi) is 4.59. The molecule has 2 fully saturated rings. The molecule has 1 aromatic heterocycles. The molecule has 23 heavy (non-hydrogen) atoms. The van der Waals surface area contributed by atoms with E-state index in [-0.39, 0.29) is 17.7 Å². The highest BCUT2D eigenvalue weighted by molar-refractivity contribution is 5.73. The average Bonchev–Trinajstić information content (AvgIpc) is 3.06. The minimum atomic E-state index is -0.106. The van der Waals surface area contributed by atoms with E-state index in [0.29, 0.717) is 0 Å². The Hall–Kier alpha value is -1.60. The summed E-state index contributed by atoms with van der Waals surface area (Å²) in [6, 6.07) is 0.189. The molecular weight excluding hydrogens is 294 g/mol. The fraction of sp³-hybridized carbons (Fsp3) is 0.750. The molecule has 7 heteroatoms. The summed E-state index contributed by atoms with van der Waals surface area (Å²) in [6.07, 6.45) is 6.81. The first kappa shape index (κ1) is 16.3. The Morgan fingerprint density at radius 2 is 2.39 bits per heavy atom. The van der Waals surface area contributed by atoms with E-state index in [9.17, 15) is 4.79 Å². The number of rotatable bonds is 3. The van der Waals surface area contributed by atoms with E-state index in [4.69, 9.17) is 4.74 Å². The number of aryl methyl sites for hydroxylation is 1. The standard InChI is InChI=1S/C16H27N5O2/c1-19(2)15(22)18-14-4-7-23-16(8-14)5-6-21(12-16)11-13-9-17-20(3)10-13/h9-10,14H,4-8,11-12H2,1-3H3,(H,18,22)/t14-,16-/m1/s1. The van der Waals surface area contributed by atoms with Crippen LogP contribution < -0.4 is 5.32 Å². The number of amides is 2. The zero-order valence-electron chi connectivity index (χ0n) is 14.3. The number of nitrogens with zero attached hydrogens (tertiary/aromatic N) is 4. The van der Waals surface area contributed by atoms with Gasteiger partial charge in [0.2, 0.25) is 0 Å². The molecule has 0 aliphatic carbocycles. The van der Waals surface area contributed by atoms with Gasteiger partial charge in [0, 0.05) is 65.2 Å². The molecule has 0 aromatic carbocycles. The van der Waals surface area contributed by atoms with Crippen molar-refractivity contribution in [3.8, 4) is 0 Å². The summed E-state index contributed by atoms with van der Waals surface area (Å²) in [5.74, 6) is 0. The Bertz CT molecular complexity index is 558. The summed E-state index contributed by atoms with van der Waals surface area (Å²) in [5, 5.41) is 7.34. The van der Waals surface area contributed by atoms with Crippen LogP contribution in [0.4, 0.5) is 4.79 Å². The molecule has 1 spiro atoms. The number of hydrogen-bond acceptors (Lipinski definition) is 4. The van der Waals surface area contributed by atoms with E-state index in [1.165, 1.54) is 5.56 Å². The molecule has 128 valence electrons. The van der Waals surface area contributed by atoms with Crippen LogP contribution in [-0.2, 0) is 18.3 Å². The summed E-state index contributed by atoms with van der Waals surface area (Å²) >= 11 is 0. The van der Waals surface area contributed by atoms with Crippen LogP contribution in [0.25, 0.3) is 0 Å². The van der Waals surface area contributed by atoms with Crippen molar-refractivity contribution < 1.29 is 9.53 Å². The van der Waals surface area contributed by atoms with Crippen LogP contribution in [0.5, 0.6) is 0 Å². The minimum Gasteiger partial charge on any atom is -0.373 e. The summed E-state index contributed by atoms with van der Waals surface area (Å²) in [4.78, 5) is 15.9. The maximum absolute atomic E-state index is 11.9. The highest BCUT2D eigenvalue weighted by Crippen LogP contribution is 2.34. The molecule has 1 N–H and O–H groups in total. The average molecular weight is 321 g/mol. The lowest BCUT2D eigenvalue weighted by Crippen LogP contribution is -2.51. The lowest BCUT2D eigenvalue weighted by Gasteiger charge is -2.38. The number of likely N-dealkylation sites (tertiary alicyclic amines) is 1. The van der Waals surface area contributed by atoms with Crippen molar-refractivity contribution in [1.82, 2.24) is 24.9 Å². The van der Waals surface area contributed by atoms with Gasteiger partial charge in [-0.25, -0.2) is 4.79 Å². The Balaban J connectivity index is 1.56. The van der Waals surface area contributed by atoms with Crippen LogP contribution in [0.15, 0.2) is 12.4 Å². The first-order chi connectivity index (χ1) is 11.0. The largest absolute Gasteiger partial charge is 0.373 e. The first-order valence-corrected chi connectivity index (χ1v) is 8.27. The number of carbonyl (C=O) groups excluding carboxylic acids is 1. The molecule has 0 saturated carbocycles. The topological polar surface area (TPSA) is 62.6 Å². The van der Waals surface area contributed by atoms with Crippen LogP contribution in [0.3, 0.4) is 0 Å². The molecule has 3 heterocycles. The van der Waals surface area contributed by atoms with Crippen molar-refractivity contribution in [3.63, 3.8) is 0 Å². The van der Waals surface area contributed by atoms with Crippen LogP contribution in [0, 0.1) is 0 Å². The molecule has 0 bridgehead atoms. The van der Waals surface area contributed by atoms with E-state index < -0.39 is 0 Å². The molecule has 7 nitrogen and oxygen atoms in total. The van der Waals surface area contributed by atoms with Crippen molar-refractivity contribution in [2.24, 2.45) is 7.05 Å². The number of hydrogen-bond donors (Lipinski definition) is 1. The second-order valence-corrected chi connectivity index (χ2v) is 7.05. The van der Waals surface area contributed by atoms with Crippen molar-refractivity contribution in [2.45, 2.75) is 37.5 Å². The second-order valence-electron chi connectivity index (χ2n) is 7.05. The van der Waals surface area contributed by atoms with E-state index in [0.717, 1.165) is 45.5 Å². The minimum absolute atomic E-state index is 0.0164. The van der Waals surface area contributed by atoms with Crippen molar-refractivity contribution in [3.05, 3.63) is 18.0 Å².